The summed E-state index contributed by atoms with van der Waals surface area (Å²) < 4.78 is 0. The average Bonchev–Trinajstić information content (AvgIpc) is 2.89. The number of carbonyl (C=O) groups excluding carboxylic acids is 2. The van der Waals surface area contributed by atoms with Crippen molar-refractivity contribution in [2.24, 2.45) is 0 Å². The summed E-state index contributed by atoms with van der Waals surface area (Å²) in [5, 5.41) is 20.4. The number of rotatable bonds is 30. The molecule has 0 atom stereocenters. The van der Waals surface area contributed by atoms with Crippen molar-refractivity contribution in [1.82, 2.24) is 0 Å². The number of carboxylic acid groups (broad SMARTS) is 2. The largest absolute Gasteiger partial charge is 2.00 e. The van der Waals surface area contributed by atoms with E-state index in [0.29, 0.717) is 0 Å². The number of hydrogen-bond donors (Lipinski definition) is 0. The summed E-state index contributed by atoms with van der Waals surface area (Å²) in [6.45, 7) is 4.52. The molecule has 228 valence electrons. The normalized spacial score (nSPS) is 10.5. The minimum atomic E-state index is -0.905. The topological polar surface area (TPSA) is 80.3 Å². The summed E-state index contributed by atoms with van der Waals surface area (Å²) in [5.74, 6) is -1.81. The standard InChI is InChI=1S/C18H36O2.C16H32O2.Ba/c1-2-3-4-5-6-7-8-9-10-11-12-13-14-15-16-17-18(19)20;1-2-3-4-5-6-7-8-9-10-11-12-13-14-15-16(17)18;/h2-17H2,1H3,(H,19,20);2-15H2,1H3,(H,17,18);/q;;+2/p-2. The van der Waals surface area contributed by atoms with Crippen LogP contribution in [0.2, 0.25) is 0 Å². The Balaban J connectivity index is -0.000000651. The Morgan fingerprint density at radius 2 is 0.487 bits per heavy atom. The molecule has 39 heavy (non-hydrogen) atoms. The molecular weight excluding hydrogens is 610 g/mol. The molecular formula is C34H66BaO4. The van der Waals surface area contributed by atoms with Crippen LogP contribution in [0.1, 0.15) is 206 Å². The van der Waals surface area contributed by atoms with Crippen LogP contribution < -0.4 is 10.2 Å². The molecule has 0 N–H and O–H groups in total. The molecule has 0 fully saturated rings. The molecule has 0 heterocycles. The van der Waals surface area contributed by atoms with E-state index in [1.54, 1.807) is 0 Å². The second kappa shape index (κ2) is 40.6. The first-order valence-electron chi connectivity index (χ1n) is 16.9. The first-order chi connectivity index (χ1) is 18.5. The van der Waals surface area contributed by atoms with Crippen LogP contribution in [0.5, 0.6) is 0 Å². The van der Waals surface area contributed by atoms with E-state index in [-0.39, 0.29) is 61.7 Å². The van der Waals surface area contributed by atoms with Crippen LogP contribution in [0.25, 0.3) is 0 Å². The number of carbonyl (C=O) groups is 2. The molecule has 0 radical (unpaired) electrons. The van der Waals surface area contributed by atoms with Crippen molar-refractivity contribution in [3.63, 3.8) is 0 Å². The van der Waals surface area contributed by atoms with Gasteiger partial charge in [0.05, 0.1) is 0 Å². The van der Waals surface area contributed by atoms with E-state index in [1.807, 2.05) is 0 Å². The number of aliphatic carboxylic acids is 2. The molecule has 0 amide bonds. The molecule has 0 aliphatic heterocycles. The molecule has 0 bridgehead atoms. The van der Waals surface area contributed by atoms with E-state index in [0.717, 1.165) is 25.7 Å². The Kier molecular flexibility index (Phi) is 45.8. The summed E-state index contributed by atoms with van der Waals surface area (Å²) in [5.41, 5.74) is 0. The third kappa shape index (κ3) is 48.6. The molecule has 0 aliphatic rings. The minimum absolute atomic E-state index is 0. The van der Waals surface area contributed by atoms with Gasteiger partial charge in [0.25, 0.3) is 0 Å². The maximum Gasteiger partial charge on any atom is 2.00 e. The summed E-state index contributed by atoms with van der Waals surface area (Å²) >= 11 is 0. The number of carboxylic acids is 2. The van der Waals surface area contributed by atoms with Gasteiger partial charge in [0.1, 0.15) is 0 Å². The van der Waals surface area contributed by atoms with E-state index < -0.39 is 11.9 Å². The molecule has 0 aliphatic carbocycles. The molecule has 0 aromatic heterocycles. The molecule has 0 aromatic carbocycles. The Morgan fingerprint density at radius 3 is 0.641 bits per heavy atom. The van der Waals surface area contributed by atoms with E-state index in [4.69, 9.17) is 0 Å². The molecule has 0 saturated heterocycles. The quantitative estimate of drug-likeness (QED) is 0.0563. The zero-order valence-corrected chi connectivity index (χ0v) is 31.0. The van der Waals surface area contributed by atoms with Gasteiger partial charge in [-0.2, -0.15) is 0 Å². The van der Waals surface area contributed by atoms with Gasteiger partial charge < -0.3 is 19.8 Å². The van der Waals surface area contributed by atoms with Crippen molar-refractivity contribution < 1.29 is 19.8 Å². The first kappa shape index (κ1) is 44.0. The van der Waals surface area contributed by atoms with Crippen LogP contribution in [0, 0.1) is 0 Å². The van der Waals surface area contributed by atoms with Gasteiger partial charge in [-0.1, -0.05) is 181 Å². The van der Waals surface area contributed by atoms with Gasteiger partial charge in [-0.05, 0) is 25.7 Å². The van der Waals surface area contributed by atoms with Crippen molar-refractivity contribution in [3.05, 3.63) is 0 Å². The molecule has 5 heteroatoms. The van der Waals surface area contributed by atoms with Crippen LogP contribution in [-0.2, 0) is 9.59 Å². The molecule has 0 spiro atoms. The SMILES string of the molecule is CCCCCCCCCCCCCCCC(=O)[O-].CCCCCCCCCCCCCCCCCC(=O)[O-].[Ba+2]. The van der Waals surface area contributed by atoms with E-state index in [1.165, 1.54) is 154 Å². The fourth-order valence-electron chi connectivity index (χ4n) is 4.93. The maximum atomic E-state index is 10.2. The van der Waals surface area contributed by atoms with E-state index >= 15 is 0 Å². The van der Waals surface area contributed by atoms with Crippen LogP contribution >= 0.6 is 0 Å². The van der Waals surface area contributed by atoms with Gasteiger partial charge >= 0.3 is 48.9 Å². The molecule has 0 rings (SSSR count). The zero-order valence-electron chi connectivity index (χ0n) is 26.6. The summed E-state index contributed by atoms with van der Waals surface area (Å²) in [4.78, 5) is 20.4. The minimum Gasteiger partial charge on any atom is -0.550 e. The Hall–Kier alpha value is 0.511. The second-order valence-electron chi connectivity index (χ2n) is 11.4. The van der Waals surface area contributed by atoms with Crippen LogP contribution in [0.15, 0.2) is 0 Å². The van der Waals surface area contributed by atoms with Gasteiger partial charge in [-0.3, -0.25) is 0 Å². The first-order valence-corrected chi connectivity index (χ1v) is 16.9. The van der Waals surface area contributed by atoms with E-state index in [9.17, 15) is 19.8 Å². The van der Waals surface area contributed by atoms with Crippen LogP contribution in [-0.4, -0.2) is 60.8 Å². The second-order valence-corrected chi connectivity index (χ2v) is 11.4. The van der Waals surface area contributed by atoms with Crippen LogP contribution in [0.4, 0.5) is 0 Å². The number of unbranched alkanes of at least 4 members (excludes halogenated alkanes) is 26. The predicted octanol–water partition coefficient (Wildman–Crippen LogP) is 8.83. The fraction of sp³-hybridized carbons (Fsp3) is 0.941. The Morgan fingerprint density at radius 1 is 0.333 bits per heavy atom. The zero-order chi connectivity index (χ0) is 28.4. The average molecular weight is 676 g/mol. The van der Waals surface area contributed by atoms with Crippen molar-refractivity contribution in [2.45, 2.75) is 206 Å². The Labute approximate surface area is 284 Å². The van der Waals surface area contributed by atoms with Crippen molar-refractivity contribution in [1.29, 1.82) is 0 Å². The van der Waals surface area contributed by atoms with Gasteiger partial charge in [-0.15, -0.1) is 0 Å². The molecule has 0 unspecified atom stereocenters. The maximum absolute atomic E-state index is 10.2. The van der Waals surface area contributed by atoms with Crippen molar-refractivity contribution >= 4 is 60.8 Å². The van der Waals surface area contributed by atoms with Crippen molar-refractivity contribution in [3.8, 4) is 0 Å². The third-order valence-corrected chi connectivity index (χ3v) is 7.47. The fourth-order valence-corrected chi connectivity index (χ4v) is 4.93. The smallest absolute Gasteiger partial charge is 0.550 e. The number of hydrogen-bond acceptors (Lipinski definition) is 4. The third-order valence-electron chi connectivity index (χ3n) is 7.47. The predicted molar refractivity (Wildman–Crippen MR) is 166 cm³/mol. The van der Waals surface area contributed by atoms with Gasteiger partial charge in [0.2, 0.25) is 0 Å². The summed E-state index contributed by atoms with van der Waals surface area (Å²) in [6.07, 6.45) is 36.8. The van der Waals surface area contributed by atoms with Gasteiger partial charge in [0, 0.05) is 11.9 Å². The Bertz CT molecular complexity index is 470. The summed E-state index contributed by atoms with van der Waals surface area (Å²) in [7, 11) is 0. The monoisotopic (exact) mass is 676 g/mol. The molecule has 4 nitrogen and oxygen atoms in total. The van der Waals surface area contributed by atoms with Gasteiger partial charge in [0.15, 0.2) is 0 Å². The van der Waals surface area contributed by atoms with Gasteiger partial charge in [-0.25, -0.2) is 0 Å². The van der Waals surface area contributed by atoms with E-state index in [2.05, 4.69) is 13.8 Å². The molecule has 0 saturated carbocycles. The van der Waals surface area contributed by atoms with Crippen molar-refractivity contribution in [2.75, 3.05) is 0 Å². The molecule has 0 aromatic rings. The summed E-state index contributed by atoms with van der Waals surface area (Å²) in [6, 6.07) is 0. The van der Waals surface area contributed by atoms with Crippen LogP contribution in [0.3, 0.4) is 0 Å².